The summed E-state index contributed by atoms with van der Waals surface area (Å²) in [5.74, 6) is 2.52. The minimum absolute atomic E-state index is 0. The Bertz CT molecular complexity index is 849. The van der Waals surface area contributed by atoms with Gasteiger partial charge in [0.1, 0.15) is 5.75 Å². The molecule has 6 nitrogen and oxygen atoms in total. The Morgan fingerprint density at radius 1 is 1.25 bits per heavy atom. The van der Waals surface area contributed by atoms with Gasteiger partial charge < -0.3 is 15.4 Å². The number of nitrogens with zero attached hydrogens (tertiary/aromatic N) is 3. The van der Waals surface area contributed by atoms with Gasteiger partial charge in [-0.15, -0.1) is 35.3 Å². The zero-order chi connectivity index (χ0) is 22.1. The molecule has 1 aromatic carbocycles. The maximum Gasteiger partial charge on any atom is 0.191 e. The molecule has 0 saturated carbocycles. The Hall–Kier alpha value is -1.39. The first-order chi connectivity index (χ1) is 15.1. The topological polar surface area (TPSA) is 61.8 Å². The minimum Gasteiger partial charge on any atom is -0.496 e. The molecule has 0 amide bonds. The summed E-state index contributed by atoms with van der Waals surface area (Å²) in [6.45, 7) is 12.1. The molecule has 178 valence electrons. The van der Waals surface area contributed by atoms with Crippen molar-refractivity contribution in [2.24, 2.45) is 10.9 Å². The number of methoxy groups -OCH3 is 1. The monoisotopic (exact) mass is 571 g/mol. The van der Waals surface area contributed by atoms with Gasteiger partial charge >= 0.3 is 0 Å². The summed E-state index contributed by atoms with van der Waals surface area (Å²) in [5, 5.41) is 10.2. The van der Waals surface area contributed by atoms with E-state index < -0.39 is 0 Å². The highest BCUT2D eigenvalue weighted by atomic mass is 127. The molecule has 8 heteroatoms. The van der Waals surface area contributed by atoms with Crippen LogP contribution in [0.25, 0.3) is 0 Å². The van der Waals surface area contributed by atoms with Crippen LogP contribution >= 0.6 is 35.3 Å². The molecular formula is C24H38IN5OS. The highest BCUT2D eigenvalue weighted by Crippen LogP contribution is 2.21. The van der Waals surface area contributed by atoms with E-state index >= 15 is 0 Å². The standard InChI is InChI=1S/C24H37N5OS.HI/c1-5-25-24(26-11-8-21-14-18(2)6-7-23(21)30-4)27-15-20-9-12-29(13-10-20)16-22-17-31-19(3)28-22;/h6-7,14,17,20H,5,8-13,15-16H2,1-4H3,(H2,25,26,27);1H. The third kappa shape index (κ3) is 8.51. The number of rotatable bonds is 9. The average molecular weight is 572 g/mol. The molecule has 1 saturated heterocycles. The number of benzene rings is 1. The number of ether oxygens (including phenoxy) is 1. The maximum absolute atomic E-state index is 5.50. The van der Waals surface area contributed by atoms with Gasteiger partial charge in [-0.3, -0.25) is 9.89 Å². The number of piperidine rings is 1. The molecule has 2 aromatic rings. The quantitative estimate of drug-likeness (QED) is 0.266. The van der Waals surface area contributed by atoms with Crippen molar-refractivity contribution in [2.45, 2.75) is 46.6 Å². The Kier molecular flexibility index (Phi) is 11.7. The van der Waals surface area contributed by atoms with Crippen LogP contribution in [0.2, 0.25) is 0 Å². The van der Waals surface area contributed by atoms with Gasteiger partial charge in [0, 0.05) is 31.6 Å². The van der Waals surface area contributed by atoms with Crippen LogP contribution < -0.4 is 15.4 Å². The highest BCUT2D eigenvalue weighted by molar-refractivity contribution is 14.0. The zero-order valence-electron chi connectivity index (χ0n) is 19.8. The highest BCUT2D eigenvalue weighted by Gasteiger charge is 2.19. The van der Waals surface area contributed by atoms with Crippen LogP contribution in [0.15, 0.2) is 28.6 Å². The number of guanidine groups is 1. The summed E-state index contributed by atoms with van der Waals surface area (Å²) in [5.41, 5.74) is 3.70. The number of nitrogens with one attached hydrogen (secondary N) is 2. The molecule has 1 aliphatic heterocycles. The van der Waals surface area contributed by atoms with Gasteiger partial charge in [0.2, 0.25) is 0 Å². The Morgan fingerprint density at radius 2 is 2.03 bits per heavy atom. The number of aromatic nitrogens is 1. The fourth-order valence-corrected chi connectivity index (χ4v) is 4.62. The summed E-state index contributed by atoms with van der Waals surface area (Å²) in [6, 6.07) is 6.34. The normalized spacial score (nSPS) is 15.3. The van der Waals surface area contributed by atoms with Gasteiger partial charge in [0.05, 0.1) is 17.8 Å². The molecule has 0 aliphatic carbocycles. The fourth-order valence-electron chi connectivity index (χ4n) is 4.02. The average Bonchev–Trinajstić information content (AvgIpc) is 3.17. The van der Waals surface area contributed by atoms with Gasteiger partial charge in [0.25, 0.3) is 0 Å². The number of hydrogen-bond acceptors (Lipinski definition) is 5. The molecule has 2 N–H and O–H groups in total. The van der Waals surface area contributed by atoms with Crippen LogP contribution in [-0.4, -0.2) is 55.7 Å². The lowest BCUT2D eigenvalue weighted by Crippen LogP contribution is -2.39. The van der Waals surface area contributed by atoms with Crippen molar-refractivity contribution in [3.8, 4) is 5.75 Å². The van der Waals surface area contributed by atoms with Crippen LogP contribution in [0.4, 0.5) is 0 Å². The molecule has 0 spiro atoms. The Labute approximate surface area is 214 Å². The molecule has 1 fully saturated rings. The molecule has 1 aromatic heterocycles. The lowest BCUT2D eigenvalue weighted by atomic mass is 9.97. The van der Waals surface area contributed by atoms with E-state index in [2.05, 4.69) is 58.8 Å². The summed E-state index contributed by atoms with van der Waals surface area (Å²) in [4.78, 5) is 12.0. The van der Waals surface area contributed by atoms with E-state index in [0.29, 0.717) is 5.92 Å². The van der Waals surface area contributed by atoms with Gasteiger partial charge in [-0.2, -0.15) is 0 Å². The predicted octanol–water partition coefficient (Wildman–Crippen LogP) is 4.40. The van der Waals surface area contributed by atoms with Crippen molar-refractivity contribution in [1.29, 1.82) is 0 Å². The van der Waals surface area contributed by atoms with Crippen LogP contribution in [0.3, 0.4) is 0 Å². The van der Waals surface area contributed by atoms with Crippen LogP contribution in [0, 0.1) is 19.8 Å². The van der Waals surface area contributed by atoms with E-state index in [-0.39, 0.29) is 24.0 Å². The second-order valence-electron chi connectivity index (χ2n) is 8.29. The number of aliphatic imine (C=N–C) groups is 1. The summed E-state index contributed by atoms with van der Waals surface area (Å²) in [6.07, 6.45) is 3.31. The number of halogens is 1. The fraction of sp³-hybridized carbons (Fsp3) is 0.583. The summed E-state index contributed by atoms with van der Waals surface area (Å²) in [7, 11) is 1.73. The molecule has 2 heterocycles. The summed E-state index contributed by atoms with van der Waals surface area (Å²) < 4.78 is 5.50. The van der Waals surface area contributed by atoms with Gasteiger partial charge in [-0.1, -0.05) is 17.7 Å². The number of aryl methyl sites for hydroxylation is 2. The van der Waals surface area contributed by atoms with E-state index in [9.17, 15) is 0 Å². The zero-order valence-corrected chi connectivity index (χ0v) is 23.0. The first kappa shape index (κ1) is 26.9. The van der Waals surface area contributed by atoms with Crippen LogP contribution in [0.1, 0.15) is 41.6 Å². The van der Waals surface area contributed by atoms with Gasteiger partial charge in [-0.25, -0.2) is 4.98 Å². The number of hydrogen-bond donors (Lipinski definition) is 2. The van der Waals surface area contributed by atoms with E-state index in [4.69, 9.17) is 9.73 Å². The molecule has 0 bridgehead atoms. The molecular weight excluding hydrogens is 533 g/mol. The molecule has 3 rings (SSSR count). The smallest absolute Gasteiger partial charge is 0.191 e. The largest absolute Gasteiger partial charge is 0.496 e. The number of thiazole rings is 1. The SMILES string of the molecule is CCNC(=NCC1CCN(Cc2csc(C)n2)CC1)NCCc1cc(C)ccc1OC.I. The van der Waals surface area contributed by atoms with Crippen molar-refractivity contribution in [2.75, 3.05) is 39.8 Å². The van der Waals surface area contributed by atoms with Crippen LogP contribution in [-0.2, 0) is 13.0 Å². The van der Waals surface area contributed by atoms with Crippen molar-refractivity contribution in [3.05, 3.63) is 45.4 Å². The lowest BCUT2D eigenvalue weighted by Gasteiger charge is -2.30. The second-order valence-corrected chi connectivity index (χ2v) is 9.35. The number of likely N-dealkylation sites (tertiary alicyclic amines) is 1. The van der Waals surface area contributed by atoms with Gasteiger partial charge in [-0.05, 0) is 70.7 Å². The summed E-state index contributed by atoms with van der Waals surface area (Å²) >= 11 is 1.74. The Morgan fingerprint density at radius 3 is 2.69 bits per heavy atom. The van der Waals surface area contributed by atoms with Crippen molar-refractivity contribution in [1.82, 2.24) is 20.5 Å². The third-order valence-corrected chi connectivity index (χ3v) is 6.56. The van der Waals surface area contributed by atoms with E-state index in [1.807, 2.05) is 6.07 Å². The van der Waals surface area contributed by atoms with Crippen molar-refractivity contribution >= 4 is 41.3 Å². The molecule has 32 heavy (non-hydrogen) atoms. The minimum atomic E-state index is 0. The predicted molar refractivity (Wildman–Crippen MR) is 146 cm³/mol. The molecule has 0 radical (unpaired) electrons. The maximum atomic E-state index is 5.50. The van der Waals surface area contributed by atoms with Crippen molar-refractivity contribution in [3.63, 3.8) is 0 Å². The van der Waals surface area contributed by atoms with E-state index in [1.165, 1.54) is 29.7 Å². The van der Waals surface area contributed by atoms with Gasteiger partial charge in [0.15, 0.2) is 5.96 Å². The Balaban J connectivity index is 0.00000363. The first-order valence-electron chi connectivity index (χ1n) is 11.4. The molecule has 0 atom stereocenters. The molecule has 1 aliphatic rings. The first-order valence-corrected chi connectivity index (χ1v) is 12.2. The van der Waals surface area contributed by atoms with E-state index in [1.54, 1.807) is 18.4 Å². The van der Waals surface area contributed by atoms with Crippen LogP contribution in [0.5, 0.6) is 5.75 Å². The van der Waals surface area contributed by atoms with E-state index in [0.717, 1.165) is 62.4 Å². The van der Waals surface area contributed by atoms with Crippen molar-refractivity contribution < 1.29 is 4.74 Å². The lowest BCUT2D eigenvalue weighted by molar-refractivity contribution is 0.179. The second kappa shape index (κ2) is 14.0. The third-order valence-electron chi connectivity index (χ3n) is 5.73. The molecule has 0 unspecified atom stereocenters.